The minimum absolute atomic E-state index is 0.0142. The van der Waals surface area contributed by atoms with Crippen molar-refractivity contribution in [2.24, 2.45) is 11.8 Å². The Labute approximate surface area is 241 Å². The van der Waals surface area contributed by atoms with Crippen LogP contribution in [0, 0.1) is 11.8 Å². The molecule has 3 amide bonds. The lowest BCUT2D eigenvalue weighted by molar-refractivity contribution is -0.132. The highest BCUT2D eigenvalue weighted by Gasteiger charge is 2.45. The van der Waals surface area contributed by atoms with Gasteiger partial charge >= 0.3 is 0 Å². The van der Waals surface area contributed by atoms with Gasteiger partial charge in [-0.25, -0.2) is 0 Å². The number of carbonyl (C=O) groups is 3. The van der Waals surface area contributed by atoms with Gasteiger partial charge in [0.25, 0.3) is 11.8 Å². The molecule has 3 aliphatic rings. The molecule has 7 nitrogen and oxygen atoms in total. The molecule has 0 radical (unpaired) electrons. The van der Waals surface area contributed by atoms with Gasteiger partial charge in [0.2, 0.25) is 5.91 Å². The third-order valence-electron chi connectivity index (χ3n) is 8.49. The zero-order chi connectivity index (χ0) is 28.4. The van der Waals surface area contributed by atoms with E-state index in [2.05, 4.69) is 10.2 Å². The second-order valence-corrected chi connectivity index (χ2v) is 13.6. The van der Waals surface area contributed by atoms with E-state index in [0.29, 0.717) is 28.7 Å². The molecule has 2 aromatic carbocycles. The molecule has 0 aromatic heterocycles. The van der Waals surface area contributed by atoms with E-state index in [-0.39, 0.29) is 35.8 Å². The Balaban J connectivity index is 1.40. The van der Waals surface area contributed by atoms with Crippen LogP contribution in [0.1, 0.15) is 73.6 Å². The number of thioether (sulfide) groups is 1. The largest absolute Gasteiger partial charge is 0.390 e. The van der Waals surface area contributed by atoms with E-state index in [1.165, 1.54) is 29.5 Å². The van der Waals surface area contributed by atoms with Crippen molar-refractivity contribution in [2.45, 2.75) is 81.5 Å². The molecule has 1 saturated carbocycles. The second-order valence-electron chi connectivity index (χ2n) is 12.5. The van der Waals surface area contributed by atoms with Crippen LogP contribution in [0.25, 0.3) is 0 Å². The lowest BCUT2D eigenvalue weighted by Crippen LogP contribution is -2.60. The van der Waals surface area contributed by atoms with Crippen LogP contribution in [-0.4, -0.2) is 75.2 Å². The maximum atomic E-state index is 13.5. The highest BCUT2D eigenvalue weighted by Crippen LogP contribution is 2.39. The summed E-state index contributed by atoms with van der Waals surface area (Å²) < 4.78 is 0. The number of imide groups is 1. The first kappa shape index (κ1) is 28.8. The third kappa shape index (κ3) is 6.29. The van der Waals surface area contributed by atoms with Crippen LogP contribution in [0.5, 0.6) is 0 Å². The maximum Gasteiger partial charge on any atom is 0.261 e. The molecule has 1 saturated heterocycles. The van der Waals surface area contributed by atoms with Gasteiger partial charge in [0.05, 0.1) is 29.3 Å². The zero-order valence-electron chi connectivity index (χ0n) is 23.7. The van der Waals surface area contributed by atoms with E-state index in [4.69, 9.17) is 0 Å². The predicted molar refractivity (Wildman–Crippen MR) is 157 cm³/mol. The van der Waals surface area contributed by atoms with Crippen LogP contribution in [-0.2, 0) is 4.79 Å². The van der Waals surface area contributed by atoms with Gasteiger partial charge in [-0.3, -0.25) is 24.2 Å². The summed E-state index contributed by atoms with van der Waals surface area (Å²) in [4.78, 5) is 44.9. The number of hydrogen-bond donors (Lipinski definition) is 2. The Morgan fingerprint density at radius 3 is 2.20 bits per heavy atom. The summed E-state index contributed by atoms with van der Waals surface area (Å²) in [6.45, 7) is 6.91. The van der Waals surface area contributed by atoms with Crippen LogP contribution in [0.15, 0.2) is 59.5 Å². The first-order valence-electron chi connectivity index (χ1n) is 14.5. The normalized spacial score (nSPS) is 24.8. The molecule has 5 rings (SSSR count). The van der Waals surface area contributed by atoms with E-state index < -0.39 is 12.1 Å². The highest BCUT2D eigenvalue weighted by molar-refractivity contribution is 7.99. The van der Waals surface area contributed by atoms with E-state index >= 15 is 0 Å². The molecule has 0 spiro atoms. The molecule has 214 valence electrons. The topological polar surface area (TPSA) is 90.0 Å². The Morgan fingerprint density at radius 2 is 1.57 bits per heavy atom. The van der Waals surface area contributed by atoms with Crippen LogP contribution < -0.4 is 5.32 Å². The fourth-order valence-corrected chi connectivity index (χ4v) is 7.64. The molecule has 2 heterocycles. The third-order valence-corrected chi connectivity index (χ3v) is 9.60. The number of fused-ring (bicyclic) bond motifs is 2. The number of rotatable bonds is 8. The van der Waals surface area contributed by atoms with Gasteiger partial charge in [-0.05, 0) is 69.7 Å². The van der Waals surface area contributed by atoms with Crippen molar-refractivity contribution < 1.29 is 19.5 Å². The van der Waals surface area contributed by atoms with Gasteiger partial charge in [0, 0.05) is 29.3 Å². The van der Waals surface area contributed by atoms with Crippen molar-refractivity contribution in [1.29, 1.82) is 0 Å². The van der Waals surface area contributed by atoms with Crippen molar-refractivity contribution in [2.75, 3.05) is 18.8 Å². The zero-order valence-corrected chi connectivity index (χ0v) is 24.5. The molecule has 40 heavy (non-hydrogen) atoms. The highest BCUT2D eigenvalue weighted by atomic mass is 32.2. The van der Waals surface area contributed by atoms with E-state index in [1.54, 1.807) is 24.3 Å². The number of aliphatic hydroxyl groups is 1. The van der Waals surface area contributed by atoms with Crippen LogP contribution in [0.4, 0.5) is 0 Å². The number of likely N-dealkylation sites (tertiary alicyclic amines) is 1. The van der Waals surface area contributed by atoms with Gasteiger partial charge in [-0.15, -0.1) is 11.8 Å². The maximum absolute atomic E-state index is 13.5. The Bertz CT molecular complexity index is 1200. The van der Waals surface area contributed by atoms with E-state index in [9.17, 15) is 19.5 Å². The summed E-state index contributed by atoms with van der Waals surface area (Å²) in [7, 11) is 0. The molecule has 8 heteroatoms. The number of hydrogen-bond acceptors (Lipinski definition) is 6. The van der Waals surface area contributed by atoms with Gasteiger partial charge in [-0.2, -0.15) is 0 Å². The average molecular weight is 564 g/mol. The minimum atomic E-state index is -1.01. The number of nitrogens with one attached hydrogen (secondary N) is 1. The predicted octanol–water partition coefficient (Wildman–Crippen LogP) is 4.60. The van der Waals surface area contributed by atoms with Crippen molar-refractivity contribution in [1.82, 2.24) is 15.1 Å². The molecule has 1 aliphatic carbocycles. The summed E-state index contributed by atoms with van der Waals surface area (Å²) >= 11 is 1.52. The van der Waals surface area contributed by atoms with Gasteiger partial charge in [-0.1, -0.05) is 49.6 Å². The fourth-order valence-electron chi connectivity index (χ4n) is 6.55. The van der Waals surface area contributed by atoms with Crippen molar-refractivity contribution in [3.8, 4) is 0 Å². The summed E-state index contributed by atoms with van der Waals surface area (Å²) in [5, 5.41) is 15.0. The summed E-state index contributed by atoms with van der Waals surface area (Å²) in [6, 6.07) is 15.6. The number of piperidine rings is 1. The molecular weight excluding hydrogens is 522 g/mol. The van der Waals surface area contributed by atoms with Crippen molar-refractivity contribution >= 4 is 29.5 Å². The molecule has 2 aliphatic heterocycles. The van der Waals surface area contributed by atoms with Crippen LogP contribution in [0.2, 0.25) is 0 Å². The lowest BCUT2D eigenvalue weighted by atomic mass is 9.72. The summed E-state index contributed by atoms with van der Waals surface area (Å²) in [5.41, 5.74) is 0.388. The van der Waals surface area contributed by atoms with Crippen LogP contribution in [0.3, 0.4) is 0 Å². The molecule has 2 aromatic rings. The average Bonchev–Trinajstić information content (AvgIpc) is 3.18. The number of amides is 3. The van der Waals surface area contributed by atoms with Gasteiger partial charge in [0.15, 0.2) is 0 Å². The first-order chi connectivity index (χ1) is 19.1. The minimum Gasteiger partial charge on any atom is -0.390 e. The van der Waals surface area contributed by atoms with Gasteiger partial charge < -0.3 is 10.4 Å². The number of nitrogens with zero attached hydrogens (tertiary/aromatic N) is 2. The smallest absolute Gasteiger partial charge is 0.261 e. The summed E-state index contributed by atoms with van der Waals surface area (Å²) in [6.07, 6.45) is 4.44. The number of benzene rings is 2. The Hall–Kier alpha value is -2.68. The quantitative estimate of drug-likeness (QED) is 0.361. The SMILES string of the molecule is CC(C)(C)NC(=O)C1CC2CCCCC2CN1CC(O)[C@H](CSc1ccccc1)N1C(=O)c2ccccc2C1=O. The molecule has 4 unspecified atom stereocenters. The Kier molecular flexibility index (Phi) is 8.69. The molecular formula is C32H41N3O4S. The van der Waals surface area contributed by atoms with E-state index in [0.717, 1.165) is 30.7 Å². The summed E-state index contributed by atoms with van der Waals surface area (Å²) in [5.74, 6) is 0.613. The molecule has 0 bridgehead atoms. The first-order valence-corrected chi connectivity index (χ1v) is 15.5. The Morgan fingerprint density at radius 1 is 0.975 bits per heavy atom. The number of β-amino-alcohol motifs (C(OH)–C–C–N with tert-alkyl or cyclic N) is 1. The van der Waals surface area contributed by atoms with Crippen LogP contribution >= 0.6 is 11.8 Å². The molecule has 2 N–H and O–H groups in total. The van der Waals surface area contributed by atoms with Crippen molar-refractivity contribution in [3.05, 3.63) is 65.7 Å². The van der Waals surface area contributed by atoms with E-state index in [1.807, 2.05) is 51.1 Å². The monoisotopic (exact) mass is 563 g/mol. The molecule has 5 atom stereocenters. The standard InChI is InChI=1S/C32H41N3O4S/c1-32(2,3)33-29(37)26-17-21-11-7-8-12-22(21)18-34(26)19-28(36)27(20-40-23-13-5-4-6-14-23)35-30(38)24-15-9-10-16-25(24)31(35)39/h4-6,9-10,13-16,21-22,26-28,36H,7-8,11-12,17-20H2,1-3H3,(H,33,37)/t21?,22?,26?,27-,28?/m0/s1. The number of aliphatic hydroxyl groups excluding tert-OH is 1. The lowest BCUT2D eigenvalue weighted by Gasteiger charge is -2.47. The number of carbonyl (C=O) groups excluding carboxylic acids is 3. The second kappa shape index (κ2) is 12.0. The van der Waals surface area contributed by atoms with Gasteiger partial charge in [0.1, 0.15) is 0 Å². The van der Waals surface area contributed by atoms with Crippen molar-refractivity contribution in [3.63, 3.8) is 0 Å². The fraction of sp³-hybridized carbons (Fsp3) is 0.531. The molecule has 2 fully saturated rings.